The van der Waals surface area contributed by atoms with Gasteiger partial charge in [-0.15, -0.1) is 0 Å². The second-order valence-electron chi connectivity index (χ2n) is 5.16. The highest BCUT2D eigenvalue weighted by Crippen LogP contribution is 2.28. The molecule has 4 amide bonds. The van der Waals surface area contributed by atoms with Gasteiger partial charge in [0.2, 0.25) is 11.8 Å². The van der Waals surface area contributed by atoms with Crippen LogP contribution in [0.3, 0.4) is 0 Å². The van der Waals surface area contributed by atoms with Crippen molar-refractivity contribution in [2.45, 2.75) is 0 Å². The normalized spacial score (nSPS) is 15.7. The summed E-state index contributed by atoms with van der Waals surface area (Å²) in [5.74, 6) is -2.99. The van der Waals surface area contributed by atoms with Crippen molar-refractivity contribution in [3.05, 3.63) is 38.4 Å². The first kappa shape index (κ1) is 18.4. The highest BCUT2D eigenvalue weighted by atomic mass is 16.6. The Morgan fingerprint density at radius 2 is 1.65 bits per heavy atom. The molecule has 1 aromatic carbocycles. The summed E-state index contributed by atoms with van der Waals surface area (Å²) in [5.41, 5.74) is 1.00. The van der Waals surface area contributed by atoms with E-state index in [2.05, 4.69) is 10.5 Å². The van der Waals surface area contributed by atoms with Crippen molar-refractivity contribution in [3.8, 4) is 0 Å². The van der Waals surface area contributed by atoms with Crippen LogP contribution >= 0.6 is 0 Å². The lowest BCUT2D eigenvalue weighted by Crippen LogP contribution is -2.57. The Morgan fingerprint density at radius 1 is 1.08 bits per heavy atom. The number of nitro groups is 2. The van der Waals surface area contributed by atoms with E-state index < -0.39 is 45.0 Å². The van der Waals surface area contributed by atoms with Gasteiger partial charge in [0.1, 0.15) is 5.69 Å². The van der Waals surface area contributed by atoms with Crippen LogP contribution in [0.5, 0.6) is 0 Å². The quantitative estimate of drug-likeness (QED) is 0.342. The predicted octanol–water partition coefficient (Wildman–Crippen LogP) is 0.567. The SMILES string of the molecule is CN1C(=O)C(C=NNc2ccc([N+](=O)[O-])cc2[N+](=O)[O-])C(=O)N(C)C1=O. The number of non-ortho nitro benzene ring substituents is 1. The third-order valence-corrected chi connectivity index (χ3v) is 3.56. The zero-order valence-corrected chi connectivity index (χ0v) is 13.5. The molecule has 1 N–H and O–H groups in total. The standard InChI is InChI=1S/C13H12N6O7/c1-16-11(20)8(12(21)17(2)13(16)22)6-14-15-9-4-3-7(18(23)24)5-10(9)19(25)26/h3-6,8,15H,1-2H3. The molecule has 0 radical (unpaired) electrons. The van der Waals surface area contributed by atoms with Crippen LogP contribution in [-0.2, 0) is 9.59 Å². The summed E-state index contributed by atoms with van der Waals surface area (Å²) in [7, 11) is 2.39. The van der Waals surface area contributed by atoms with Gasteiger partial charge in [0.05, 0.1) is 15.9 Å². The first-order valence-electron chi connectivity index (χ1n) is 6.96. The van der Waals surface area contributed by atoms with Gasteiger partial charge in [-0.2, -0.15) is 5.10 Å². The van der Waals surface area contributed by atoms with Crippen LogP contribution in [-0.4, -0.2) is 57.8 Å². The number of nitrogens with zero attached hydrogens (tertiary/aromatic N) is 5. The number of nitro benzene ring substituents is 2. The van der Waals surface area contributed by atoms with Crippen LogP contribution < -0.4 is 5.43 Å². The summed E-state index contributed by atoms with van der Waals surface area (Å²) in [6.45, 7) is 0. The minimum atomic E-state index is -1.38. The fourth-order valence-electron chi connectivity index (χ4n) is 2.12. The van der Waals surface area contributed by atoms with E-state index in [1.165, 1.54) is 14.1 Å². The molecular formula is C13H12N6O7. The third-order valence-electron chi connectivity index (χ3n) is 3.56. The molecule has 1 aliphatic rings. The van der Waals surface area contributed by atoms with Gasteiger partial charge in [-0.05, 0) is 6.07 Å². The number of imide groups is 2. The second-order valence-corrected chi connectivity index (χ2v) is 5.16. The number of carbonyl (C=O) groups excluding carboxylic acids is 3. The van der Waals surface area contributed by atoms with Gasteiger partial charge in [0.25, 0.3) is 5.69 Å². The maximum absolute atomic E-state index is 12.0. The largest absolute Gasteiger partial charge is 0.332 e. The first-order chi connectivity index (χ1) is 12.1. The van der Waals surface area contributed by atoms with E-state index in [4.69, 9.17) is 0 Å². The Labute approximate surface area is 145 Å². The average molecular weight is 364 g/mol. The number of carbonyl (C=O) groups is 3. The van der Waals surface area contributed by atoms with Gasteiger partial charge in [-0.25, -0.2) is 4.79 Å². The Hall–Kier alpha value is -3.90. The van der Waals surface area contributed by atoms with E-state index in [1.54, 1.807) is 0 Å². The molecule has 1 fully saturated rings. The molecule has 0 aliphatic carbocycles. The summed E-state index contributed by atoms with van der Waals surface area (Å²) < 4.78 is 0. The summed E-state index contributed by atoms with van der Waals surface area (Å²) >= 11 is 0. The number of hydrogen-bond donors (Lipinski definition) is 1. The summed E-state index contributed by atoms with van der Waals surface area (Å²) in [5, 5.41) is 25.3. The minimum absolute atomic E-state index is 0.176. The van der Waals surface area contributed by atoms with Crippen LogP contribution in [0, 0.1) is 26.1 Å². The van der Waals surface area contributed by atoms with E-state index in [0.29, 0.717) is 0 Å². The summed E-state index contributed by atoms with van der Waals surface area (Å²) in [6.07, 6.45) is 0.898. The molecule has 1 heterocycles. The lowest BCUT2D eigenvalue weighted by molar-refractivity contribution is -0.393. The van der Waals surface area contributed by atoms with E-state index in [9.17, 15) is 34.6 Å². The van der Waals surface area contributed by atoms with Crippen molar-refractivity contribution in [1.82, 2.24) is 9.80 Å². The average Bonchev–Trinajstić information content (AvgIpc) is 2.61. The van der Waals surface area contributed by atoms with Gasteiger partial charge < -0.3 is 0 Å². The fourth-order valence-corrected chi connectivity index (χ4v) is 2.12. The predicted molar refractivity (Wildman–Crippen MR) is 86.3 cm³/mol. The van der Waals surface area contributed by atoms with Crippen molar-refractivity contribution >= 4 is 41.1 Å². The Balaban J connectivity index is 2.24. The summed E-state index contributed by atoms with van der Waals surface area (Å²) in [6, 6.07) is 2.06. The molecule has 13 nitrogen and oxygen atoms in total. The van der Waals surface area contributed by atoms with Crippen LogP contribution in [0.15, 0.2) is 23.3 Å². The van der Waals surface area contributed by atoms with Crippen LogP contribution in [0.1, 0.15) is 0 Å². The van der Waals surface area contributed by atoms with Gasteiger partial charge in [0.15, 0.2) is 5.92 Å². The van der Waals surface area contributed by atoms with Crippen molar-refractivity contribution in [2.24, 2.45) is 11.0 Å². The first-order valence-corrected chi connectivity index (χ1v) is 6.96. The topological polar surface area (TPSA) is 168 Å². The van der Waals surface area contributed by atoms with Gasteiger partial charge in [0, 0.05) is 26.4 Å². The Kier molecular flexibility index (Phi) is 4.91. The van der Waals surface area contributed by atoms with Gasteiger partial charge in [-0.3, -0.25) is 45.0 Å². The molecular weight excluding hydrogens is 352 g/mol. The van der Waals surface area contributed by atoms with Crippen LogP contribution in [0.25, 0.3) is 0 Å². The van der Waals surface area contributed by atoms with Crippen molar-refractivity contribution in [1.29, 1.82) is 0 Å². The molecule has 26 heavy (non-hydrogen) atoms. The lowest BCUT2D eigenvalue weighted by atomic mass is 10.1. The molecule has 0 aromatic heterocycles. The van der Waals surface area contributed by atoms with Crippen molar-refractivity contribution < 1.29 is 24.2 Å². The number of barbiturate groups is 1. The molecule has 0 spiro atoms. The molecule has 0 saturated carbocycles. The second kappa shape index (κ2) is 6.92. The van der Waals surface area contributed by atoms with Gasteiger partial charge in [-0.1, -0.05) is 0 Å². The lowest BCUT2D eigenvalue weighted by Gasteiger charge is -2.31. The molecule has 0 unspecified atom stereocenters. The molecule has 0 atom stereocenters. The van der Waals surface area contributed by atoms with Crippen molar-refractivity contribution in [2.75, 3.05) is 19.5 Å². The molecule has 1 aliphatic heterocycles. The zero-order valence-electron chi connectivity index (χ0n) is 13.5. The number of hydrazone groups is 1. The number of urea groups is 1. The number of anilines is 1. The Morgan fingerprint density at radius 3 is 2.15 bits per heavy atom. The molecule has 136 valence electrons. The molecule has 2 rings (SSSR count). The highest BCUT2D eigenvalue weighted by molar-refractivity contribution is 6.23. The number of rotatable bonds is 5. The zero-order chi connectivity index (χ0) is 19.6. The number of nitrogens with one attached hydrogen (secondary N) is 1. The number of amides is 4. The Bertz CT molecular complexity index is 827. The van der Waals surface area contributed by atoms with Crippen molar-refractivity contribution in [3.63, 3.8) is 0 Å². The molecule has 0 bridgehead atoms. The fraction of sp³-hybridized carbons (Fsp3) is 0.231. The maximum Gasteiger partial charge on any atom is 0.332 e. The number of benzene rings is 1. The monoisotopic (exact) mass is 364 g/mol. The highest BCUT2D eigenvalue weighted by Gasteiger charge is 2.41. The van der Waals surface area contributed by atoms with E-state index in [0.717, 1.165) is 34.2 Å². The van der Waals surface area contributed by atoms with Crippen LogP contribution in [0.2, 0.25) is 0 Å². The molecule has 13 heteroatoms. The third kappa shape index (κ3) is 3.31. The molecule has 1 aromatic rings. The van der Waals surface area contributed by atoms with Gasteiger partial charge >= 0.3 is 11.7 Å². The number of hydrogen-bond acceptors (Lipinski definition) is 9. The van der Waals surface area contributed by atoms with Crippen LogP contribution in [0.4, 0.5) is 21.9 Å². The maximum atomic E-state index is 12.0. The van der Waals surface area contributed by atoms with E-state index in [1.807, 2.05) is 0 Å². The van der Waals surface area contributed by atoms with E-state index in [-0.39, 0.29) is 5.69 Å². The summed E-state index contributed by atoms with van der Waals surface area (Å²) in [4.78, 5) is 57.1. The van der Waals surface area contributed by atoms with E-state index >= 15 is 0 Å². The molecule has 1 saturated heterocycles. The smallest absolute Gasteiger partial charge is 0.273 e. The minimum Gasteiger partial charge on any atom is -0.273 e.